The van der Waals surface area contributed by atoms with E-state index < -0.39 is 6.04 Å². The van der Waals surface area contributed by atoms with E-state index in [1.54, 1.807) is 28.2 Å². The minimum absolute atomic E-state index is 0.0160. The number of carbonyl (C=O) groups is 3. The van der Waals surface area contributed by atoms with Crippen molar-refractivity contribution in [3.8, 4) is 0 Å². The summed E-state index contributed by atoms with van der Waals surface area (Å²) in [5.41, 5.74) is 1.17. The van der Waals surface area contributed by atoms with E-state index in [1.165, 1.54) is 5.56 Å². The Morgan fingerprint density at radius 2 is 1.97 bits per heavy atom. The van der Waals surface area contributed by atoms with Gasteiger partial charge in [-0.2, -0.15) is 0 Å². The van der Waals surface area contributed by atoms with Gasteiger partial charge in [-0.15, -0.1) is 0 Å². The summed E-state index contributed by atoms with van der Waals surface area (Å²) in [6, 6.07) is 13.1. The molecule has 2 aliphatic rings. The largest absolute Gasteiger partial charge is 0.467 e. The monoisotopic (exact) mass is 409 g/mol. The molecule has 2 saturated heterocycles. The summed E-state index contributed by atoms with van der Waals surface area (Å²) in [5, 5.41) is 2.85. The fourth-order valence-corrected chi connectivity index (χ4v) is 4.31. The maximum Gasteiger partial charge on any atom is 0.243 e. The Hall–Kier alpha value is -3.09. The zero-order chi connectivity index (χ0) is 20.9. The molecule has 0 aliphatic carbocycles. The van der Waals surface area contributed by atoms with E-state index in [1.807, 2.05) is 30.3 Å². The maximum atomic E-state index is 13.1. The van der Waals surface area contributed by atoms with Gasteiger partial charge in [0.2, 0.25) is 17.7 Å². The molecule has 0 radical (unpaired) electrons. The summed E-state index contributed by atoms with van der Waals surface area (Å²) in [5.74, 6) is 0.0763. The molecule has 1 N–H and O–H groups in total. The highest BCUT2D eigenvalue weighted by Gasteiger charge is 2.41. The van der Waals surface area contributed by atoms with Crippen molar-refractivity contribution in [3.05, 3.63) is 60.1 Å². The lowest BCUT2D eigenvalue weighted by Gasteiger charge is -2.26. The molecule has 2 fully saturated rings. The van der Waals surface area contributed by atoms with Gasteiger partial charge in [-0.05, 0) is 37.0 Å². The van der Waals surface area contributed by atoms with Crippen LogP contribution in [0.4, 0.5) is 0 Å². The molecule has 30 heavy (non-hydrogen) atoms. The van der Waals surface area contributed by atoms with Gasteiger partial charge in [0, 0.05) is 26.1 Å². The van der Waals surface area contributed by atoms with Crippen LogP contribution >= 0.6 is 0 Å². The molecule has 3 heterocycles. The maximum absolute atomic E-state index is 13.1. The summed E-state index contributed by atoms with van der Waals surface area (Å²) in [6.07, 6.45) is 4.00. The molecule has 7 nitrogen and oxygen atoms in total. The van der Waals surface area contributed by atoms with Crippen molar-refractivity contribution in [1.82, 2.24) is 15.1 Å². The molecule has 2 aliphatic heterocycles. The average molecular weight is 409 g/mol. The average Bonchev–Trinajstić information content (AvgIpc) is 3.52. The van der Waals surface area contributed by atoms with Crippen molar-refractivity contribution in [1.29, 1.82) is 0 Å². The Morgan fingerprint density at radius 3 is 2.73 bits per heavy atom. The highest BCUT2D eigenvalue weighted by molar-refractivity contribution is 5.93. The van der Waals surface area contributed by atoms with Gasteiger partial charge in [0.1, 0.15) is 11.8 Å². The van der Waals surface area contributed by atoms with E-state index in [0.717, 1.165) is 12.8 Å². The number of hydrogen-bond acceptors (Lipinski definition) is 4. The zero-order valence-corrected chi connectivity index (χ0v) is 17.0. The number of amides is 3. The summed E-state index contributed by atoms with van der Waals surface area (Å²) < 4.78 is 5.24. The number of rotatable bonds is 7. The number of nitrogens with zero attached hydrogens (tertiary/aromatic N) is 2. The summed E-state index contributed by atoms with van der Waals surface area (Å²) >= 11 is 0. The lowest BCUT2D eigenvalue weighted by atomic mass is 10.1. The fourth-order valence-electron chi connectivity index (χ4n) is 4.31. The van der Waals surface area contributed by atoms with Gasteiger partial charge in [-0.25, -0.2) is 0 Å². The smallest absolute Gasteiger partial charge is 0.243 e. The third-order valence-electron chi connectivity index (χ3n) is 5.93. The van der Waals surface area contributed by atoms with Crippen LogP contribution in [0.15, 0.2) is 53.1 Å². The Labute approximate surface area is 176 Å². The number of hydrogen-bond donors (Lipinski definition) is 1. The van der Waals surface area contributed by atoms with Crippen molar-refractivity contribution in [2.24, 2.45) is 5.92 Å². The Bertz CT molecular complexity index is 881. The molecule has 0 spiro atoms. The van der Waals surface area contributed by atoms with Crippen molar-refractivity contribution < 1.29 is 18.8 Å². The third-order valence-corrected chi connectivity index (χ3v) is 5.93. The van der Waals surface area contributed by atoms with Crippen molar-refractivity contribution in [2.75, 3.05) is 19.6 Å². The second-order valence-corrected chi connectivity index (χ2v) is 7.96. The first-order chi connectivity index (χ1) is 14.6. The normalized spacial score (nSPS) is 21.3. The van der Waals surface area contributed by atoms with Gasteiger partial charge < -0.3 is 19.5 Å². The van der Waals surface area contributed by atoms with Crippen LogP contribution in [-0.4, -0.2) is 53.2 Å². The van der Waals surface area contributed by atoms with Gasteiger partial charge in [0.15, 0.2) is 0 Å². The van der Waals surface area contributed by atoms with E-state index in [2.05, 4.69) is 5.32 Å². The second kappa shape index (κ2) is 9.15. The van der Waals surface area contributed by atoms with Gasteiger partial charge in [0.25, 0.3) is 0 Å². The molecule has 4 rings (SSSR count). The molecule has 2 atom stereocenters. The number of furan rings is 1. The van der Waals surface area contributed by atoms with Crippen LogP contribution in [0.25, 0.3) is 0 Å². The van der Waals surface area contributed by atoms with E-state index in [0.29, 0.717) is 38.4 Å². The number of nitrogens with one attached hydrogen (secondary N) is 1. The molecule has 2 unspecified atom stereocenters. The van der Waals surface area contributed by atoms with Crippen molar-refractivity contribution in [2.45, 2.75) is 38.3 Å². The lowest BCUT2D eigenvalue weighted by molar-refractivity contribution is -0.141. The van der Waals surface area contributed by atoms with Crippen LogP contribution in [0.1, 0.15) is 30.6 Å². The first-order valence-electron chi connectivity index (χ1n) is 10.5. The highest BCUT2D eigenvalue weighted by Crippen LogP contribution is 2.26. The Kier molecular flexibility index (Phi) is 6.16. The molecular formula is C23H27N3O4. The first kappa shape index (κ1) is 20.2. The van der Waals surface area contributed by atoms with E-state index >= 15 is 0 Å². The molecule has 0 bridgehead atoms. The van der Waals surface area contributed by atoms with E-state index in [9.17, 15) is 14.4 Å². The van der Waals surface area contributed by atoms with E-state index in [-0.39, 0.29) is 30.1 Å². The van der Waals surface area contributed by atoms with Crippen LogP contribution in [0.5, 0.6) is 0 Å². The standard InChI is InChI=1S/C23H27N3O4/c27-21-14-18(16-25(21)12-10-17-6-2-1-3-7-17)23(29)26-11-4-9-20(26)22(28)24-15-19-8-5-13-30-19/h1-3,5-8,13,18,20H,4,9-12,14-16H2,(H,24,28). The predicted molar refractivity (Wildman–Crippen MR) is 110 cm³/mol. The first-order valence-corrected chi connectivity index (χ1v) is 10.5. The molecule has 158 valence electrons. The van der Waals surface area contributed by atoms with E-state index in [4.69, 9.17) is 4.42 Å². The highest BCUT2D eigenvalue weighted by atomic mass is 16.3. The molecule has 1 aromatic carbocycles. The number of benzene rings is 1. The van der Waals surface area contributed by atoms with Crippen molar-refractivity contribution >= 4 is 17.7 Å². The van der Waals surface area contributed by atoms with Crippen LogP contribution in [0, 0.1) is 5.92 Å². The summed E-state index contributed by atoms with van der Waals surface area (Å²) in [7, 11) is 0. The predicted octanol–water partition coefficient (Wildman–Crippen LogP) is 1.98. The van der Waals surface area contributed by atoms with Crippen LogP contribution in [-0.2, 0) is 27.3 Å². The molecule has 0 saturated carbocycles. The summed E-state index contributed by atoms with van der Waals surface area (Å²) in [6.45, 7) is 1.91. The minimum Gasteiger partial charge on any atom is -0.467 e. The van der Waals surface area contributed by atoms with Gasteiger partial charge in [-0.1, -0.05) is 30.3 Å². The van der Waals surface area contributed by atoms with Gasteiger partial charge >= 0.3 is 0 Å². The quantitative estimate of drug-likeness (QED) is 0.758. The number of likely N-dealkylation sites (tertiary alicyclic amines) is 2. The van der Waals surface area contributed by atoms with Crippen LogP contribution < -0.4 is 5.32 Å². The molecular weight excluding hydrogens is 382 g/mol. The zero-order valence-electron chi connectivity index (χ0n) is 17.0. The fraction of sp³-hybridized carbons (Fsp3) is 0.435. The molecule has 7 heteroatoms. The van der Waals surface area contributed by atoms with Gasteiger partial charge in [0.05, 0.1) is 18.7 Å². The number of carbonyl (C=O) groups excluding carboxylic acids is 3. The molecule has 2 aromatic rings. The molecule has 1 aromatic heterocycles. The second-order valence-electron chi connectivity index (χ2n) is 7.96. The van der Waals surface area contributed by atoms with Gasteiger partial charge in [-0.3, -0.25) is 14.4 Å². The Balaban J connectivity index is 1.31. The third kappa shape index (κ3) is 4.56. The van der Waals surface area contributed by atoms with Crippen LogP contribution in [0.2, 0.25) is 0 Å². The SMILES string of the molecule is O=C(NCc1ccco1)C1CCCN1C(=O)C1CC(=O)N(CCc2ccccc2)C1. The van der Waals surface area contributed by atoms with Crippen LogP contribution in [0.3, 0.4) is 0 Å². The topological polar surface area (TPSA) is 82.9 Å². The molecule has 3 amide bonds. The Morgan fingerprint density at radius 1 is 1.13 bits per heavy atom. The summed E-state index contributed by atoms with van der Waals surface area (Å²) in [4.78, 5) is 41.6. The van der Waals surface area contributed by atoms with Crippen molar-refractivity contribution in [3.63, 3.8) is 0 Å². The minimum atomic E-state index is -0.471. The lowest BCUT2D eigenvalue weighted by Crippen LogP contribution is -2.48.